The predicted molar refractivity (Wildman–Crippen MR) is 107 cm³/mol. The Balaban J connectivity index is 1.91. The van der Waals surface area contributed by atoms with Crippen LogP contribution in [0, 0.1) is 5.41 Å². The average molecular weight is 405 g/mol. The number of halogens is 3. The fourth-order valence-electron chi connectivity index (χ4n) is 3.97. The molecule has 156 valence electrons. The second kappa shape index (κ2) is 7.08. The molecule has 6 heteroatoms. The number of fused-ring (bicyclic) bond motifs is 1. The molecule has 2 N–H and O–H groups in total. The van der Waals surface area contributed by atoms with Crippen molar-refractivity contribution < 1.29 is 23.1 Å². The summed E-state index contributed by atoms with van der Waals surface area (Å²) in [5.41, 5.74) is 1.33. The number of carboxylic acid groups (broad SMARTS) is 1. The highest BCUT2D eigenvalue weighted by Crippen LogP contribution is 2.46. The molecular weight excluding hydrogens is 379 g/mol. The smallest absolute Gasteiger partial charge is 0.416 e. The minimum Gasteiger partial charge on any atom is -0.481 e. The SMILES string of the molecule is CC(C)(Cc1cccc(C2CC(C)(C)c3cc(C(F)(F)F)ccc3N2)c1)C(=O)O. The van der Waals surface area contributed by atoms with Crippen LogP contribution in [0.5, 0.6) is 0 Å². The van der Waals surface area contributed by atoms with E-state index in [9.17, 15) is 23.1 Å². The normalized spacial score (nSPS) is 18.7. The summed E-state index contributed by atoms with van der Waals surface area (Å²) in [7, 11) is 0. The number of carbonyl (C=O) groups is 1. The van der Waals surface area contributed by atoms with Crippen molar-refractivity contribution in [3.63, 3.8) is 0 Å². The van der Waals surface area contributed by atoms with Gasteiger partial charge < -0.3 is 10.4 Å². The largest absolute Gasteiger partial charge is 0.481 e. The minimum absolute atomic E-state index is 0.0675. The van der Waals surface area contributed by atoms with Gasteiger partial charge in [-0.3, -0.25) is 4.79 Å². The van der Waals surface area contributed by atoms with Crippen LogP contribution in [0.2, 0.25) is 0 Å². The second-order valence-electron chi connectivity index (χ2n) is 9.15. The first kappa shape index (κ1) is 21.2. The Kier molecular flexibility index (Phi) is 5.18. The molecule has 0 bridgehead atoms. The fourth-order valence-corrected chi connectivity index (χ4v) is 3.97. The second-order valence-corrected chi connectivity index (χ2v) is 9.15. The van der Waals surface area contributed by atoms with E-state index in [0.29, 0.717) is 24.1 Å². The third-order valence-corrected chi connectivity index (χ3v) is 5.70. The first-order valence-corrected chi connectivity index (χ1v) is 9.60. The van der Waals surface area contributed by atoms with E-state index in [1.165, 1.54) is 12.1 Å². The highest BCUT2D eigenvalue weighted by Gasteiger charge is 2.37. The van der Waals surface area contributed by atoms with Crippen molar-refractivity contribution in [2.45, 2.75) is 58.2 Å². The summed E-state index contributed by atoms with van der Waals surface area (Å²) in [6, 6.07) is 11.6. The van der Waals surface area contributed by atoms with Gasteiger partial charge in [-0.25, -0.2) is 0 Å². The molecule has 29 heavy (non-hydrogen) atoms. The summed E-state index contributed by atoms with van der Waals surface area (Å²) in [6.07, 6.45) is -3.34. The van der Waals surface area contributed by atoms with E-state index in [1.54, 1.807) is 13.8 Å². The molecule has 2 aromatic rings. The van der Waals surface area contributed by atoms with Gasteiger partial charge in [-0.1, -0.05) is 38.1 Å². The maximum atomic E-state index is 13.1. The molecule has 0 aromatic heterocycles. The van der Waals surface area contributed by atoms with Gasteiger partial charge in [0.15, 0.2) is 0 Å². The van der Waals surface area contributed by atoms with Gasteiger partial charge in [-0.2, -0.15) is 13.2 Å². The van der Waals surface area contributed by atoms with E-state index < -0.39 is 28.5 Å². The molecular formula is C23H26F3NO2. The molecule has 0 saturated carbocycles. The topological polar surface area (TPSA) is 49.3 Å². The van der Waals surface area contributed by atoms with Gasteiger partial charge in [0.2, 0.25) is 0 Å². The van der Waals surface area contributed by atoms with Crippen molar-refractivity contribution in [1.29, 1.82) is 0 Å². The van der Waals surface area contributed by atoms with Crippen LogP contribution in [-0.2, 0) is 22.8 Å². The van der Waals surface area contributed by atoms with Crippen molar-refractivity contribution in [3.05, 3.63) is 64.7 Å². The molecule has 0 aliphatic carbocycles. The number of benzene rings is 2. The number of anilines is 1. The molecule has 3 rings (SSSR count). The molecule has 1 aliphatic rings. The van der Waals surface area contributed by atoms with Crippen LogP contribution < -0.4 is 5.32 Å². The molecule has 3 nitrogen and oxygen atoms in total. The lowest BCUT2D eigenvalue weighted by atomic mass is 9.73. The number of hydrogen-bond donors (Lipinski definition) is 2. The fraction of sp³-hybridized carbons (Fsp3) is 0.435. The van der Waals surface area contributed by atoms with Gasteiger partial charge in [0, 0.05) is 5.69 Å². The first-order chi connectivity index (χ1) is 13.3. The van der Waals surface area contributed by atoms with Crippen LogP contribution in [-0.4, -0.2) is 11.1 Å². The Morgan fingerprint density at radius 1 is 1.17 bits per heavy atom. The van der Waals surface area contributed by atoms with E-state index >= 15 is 0 Å². The molecule has 1 atom stereocenters. The number of alkyl halides is 3. The van der Waals surface area contributed by atoms with Crippen molar-refractivity contribution in [2.24, 2.45) is 5.41 Å². The highest BCUT2D eigenvalue weighted by molar-refractivity contribution is 5.74. The molecule has 0 fully saturated rings. The van der Waals surface area contributed by atoms with Gasteiger partial charge in [0.05, 0.1) is 17.0 Å². The van der Waals surface area contributed by atoms with Crippen molar-refractivity contribution in [1.82, 2.24) is 0 Å². The quantitative estimate of drug-likeness (QED) is 0.637. The summed E-state index contributed by atoms with van der Waals surface area (Å²) in [5.74, 6) is -0.853. The summed E-state index contributed by atoms with van der Waals surface area (Å²) >= 11 is 0. The molecule has 0 amide bonds. The van der Waals surface area contributed by atoms with E-state index in [4.69, 9.17) is 0 Å². The number of nitrogens with one attached hydrogen (secondary N) is 1. The average Bonchev–Trinajstić information content (AvgIpc) is 2.59. The third-order valence-electron chi connectivity index (χ3n) is 5.70. The summed E-state index contributed by atoms with van der Waals surface area (Å²) in [4.78, 5) is 11.4. The Labute approximate surface area is 168 Å². The van der Waals surface area contributed by atoms with Crippen LogP contribution >= 0.6 is 0 Å². The van der Waals surface area contributed by atoms with E-state index in [1.807, 2.05) is 38.1 Å². The number of carboxylic acids is 1. The van der Waals surface area contributed by atoms with E-state index in [2.05, 4.69) is 5.32 Å². The maximum Gasteiger partial charge on any atom is 0.416 e. The van der Waals surface area contributed by atoms with Crippen LogP contribution in [0.1, 0.15) is 62.4 Å². The lowest BCUT2D eigenvalue weighted by molar-refractivity contribution is -0.146. The number of aliphatic carboxylic acids is 1. The molecule has 1 aliphatic heterocycles. The summed E-state index contributed by atoms with van der Waals surface area (Å²) in [5, 5.41) is 12.8. The van der Waals surface area contributed by atoms with Crippen LogP contribution in [0.4, 0.5) is 18.9 Å². The first-order valence-electron chi connectivity index (χ1n) is 9.60. The maximum absolute atomic E-state index is 13.1. The predicted octanol–water partition coefficient (Wildman–Crippen LogP) is 6.19. The van der Waals surface area contributed by atoms with Gasteiger partial charge in [-0.05, 0) is 67.0 Å². The zero-order valence-electron chi connectivity index (χ0n) is 17.0. The van der Waals surface area contributed by atoms with Crippen LogP contribution in [0.15, 0.2) is 42.5 Å². The van der Waals surface area contributed by atoms with Crippen molar-refractivity contribution in [2.75, 3.05) is 5.32 Å². The Morgan fingerprint density at radius 2 is 1.86 bits per heavy atom. The van der Waals surface area contributed by atoms with Gasteiger partial charge in [0.25, 0.3) is 0 Å². The Morgan fingerprint density at radius 3 is 2.48 bits per heavy atom. The minimum atomic E-state index is -4.37. The van der Waals surface area contributed by atoms with Gasteiger partial charge in [-0.15, -0.1) is 0 Å². The lowest BCUT2D eigenvalue weighted by Gasteiger charge is -2.39. The highest BCUT2D eigenvalue weighted by atomic mass is 19.4. The summed E-state index contributed by atoms with van der Waals surface area (Å²) in [6.45, 7) is 7.30. The van der Waals surface area contributed by atoms with Crippen molar-refractivity contribution in [3.8, 4) is 0 Å². The van der Waals surface area contributed by atoms with Gasteiger partial charge >= 0.3 is 12.1 Å². The van der Waals surface area contributed by atoms with Crippen LogP contribution in [0.25, 0.3) is 0 Å². The zero-order chi connectivity index (χ0) is 21.6. The Hall–Kier alpha value is -2.50. The van der Waals surface area contributed by atoms with E-state index in [-0.39, 0.29) is 6.04 Å². The molecule has 2 aromatic carbocycles. The van der Waals surface area contributed by atoms with E-state index in [0.717, 1.165) is 17.2 Å². The third kappa shape index (κ3) is 4.41. The summed E-state index contributed by atoms with van der Waals surface area (Å²) < 4.78 is 39.4. The van der Waals surface area contributed by atoms with Crippen molar-refractivity contribution >= 4 is 11.7 Å². The van der Waals surface area contributed by atoms with Crippen LogP contribution in [0.3, 0.4) is 0 Å². The molecule has 1 heterocycles. The molecule has 1 unspecified atom stereocenters. The number of hydrogen-bond acceptors (Lipinski definition) is 2. The number of rotatable bonds is 4. The Bertz CT molecular complexity index is 932. The standard InChI is InChI=1S/C23H26F3NO2/c1-21(2)13-19(27-18-9-8-16(11-17(18)21)23(24,25)26)15-7-5-6-14(10-15)12-22(3,4)20(28)29/h5-11,19,27H,12-13H2,1-4H3,(H,28,29). The van der Waals surface area contributed by atoms with Gasteiger partial charge in [0.1, 0.15) is 0 Å². The molecule has 0 spiro atoms. The lowest BCUT2D eigenvalue weighted by Crippen LogP contribution is -2.31. The molecule has 0 radical (unpaired) electrons. The monoisotopic (exact) mass is 405 g/mol. The zero-order valence-corrected chi connectivity index (χ0v) is 17.0. The molecule has 0 saturated heterocycles.